The number of nitrogens with two attached hydrogens (primary N) is 2. The van der Waals surface area contributed by atoms with Gasteiger partial charge in [-0.05, 0) is 24.3 Å². The second kappa shape index (κ2) is 9.21. The first kappa shape index (κ1) is 27.1. The molecule has 1 aromatic rings. The highest BCUT2D eigenvalue weighted by Crippen LogP contribution is 2.41. The Bertz CT molecular complexity index is 1390. The molecule has 0 aromatic heterocycles. The molecule has 0 radical (unpaired) electrons. The van der Waals surface area contributed by atoms with Crippen LogP contribution in [0, 0.1) is 0 Å². The normalized spacial score (nSPS) is 32.3. The summed E-state index contributed by atoms with van der Waals surface area (Å²) in [7, 11) is 0. The Hall–Kier alpha value is -4.11. The number of hydrogen-bond donors (Lipinski definition) is 10. The van der Waals surface area contributed by atoms with E-state index in [1.165, 1.54) is 4.58 Å². The zero-order valence-corrected chi connectivity index (χ0v) is 22.9. The van der Waals surface area contributed by atoms with Gasteiger partial charge >= 0.3 is 11.9 Å². The first-order valence-corrected chi connectivity index (χ1v) is 13.8. The molecule has 5 aliphatic rings. The highest BCUT2D eigenvalue weighted by atomic mass is 16.5. The number of nitrogens with zero attached hydrogens (tertiary/aromatic N) is 1. The Morgan fingerprint density at radius 3 is 2.76 bits per heavy atom. The molecule has 3 amide bonds. The quantitative estimate of drug-likeness (QED) is 0.119. The molecule has 2 saturated heterocycles. The van der Waals surface area contributed by atoms with Gasteiger partial charge in [-0.1, -0.05) is 26.0 Å². The van der Waals surface area contributed by atoms with E-state index in [9.17, 15) is 24.6 Å². The van der Waals surface area contributed by atoms with Gasteiger partial charge in [-0.25, -0.2) is 9.89 Å². The van der Waals surface area contributed by atoms with Gasteiger partial charge in [0.15, 0.2) is 6.04 Å². The van der Waals surface area contributed by atoms with Gasteiger partial charge in [0.2, 0.25) is 11.8 Å². The summed E-state index contributed by atoms with van der Waals surface area (Å²) < 4.78 is 7.41. The topological polar surface area (TPSA) is 230 Å². The third-order valence-electron chi connectivity index (χ3n) is 9.03. The number of nitrogens with one attached hydrogen (secondary N) is 6. The minimum absolute atomic E-state index is 0.0322. The average Bonchev–Trinajstić information content (AvgIpc) is 3.57. The lowest BCUT2D eigenvalue weighted by atomic mass is 9.79. The van der Waals surface area contributed by atoms with Gasteiger partial charge < -0.3 is 30.9 Å². The lowest BCUT2D eigenvalue weighted by Gasteiger charge is -2.41. The molecule has 12 N–H and O–H groups in total. The number of ether oxygens (including phenoxy) is 1. The minimum atomic E-state index is -2.58. The number of para-hydroxylation sites is 1. The highest BCUT2D eigenvalue weighted by molar-refractivity contribution is 5.98. The molecule has 1 aromatic carbocycles. The number of benzene rings is 1. The first-order valence-electron chi connectivity index (χ1n) is 13.8. The molecule has 5 atom stereocenters. The predicted molar refractivity (Wildman–Crippen MR) is 143 cm³/mol. The molecule has 5 heterocycles. The first-order chi connectivity index (χ1) is 19.3. The van der Waals surface area contributed by atoms with E-state index in [0.29, 0.717) is 24.3 Å². The maximum Gasteiger partial charge on any atom is 0.347 e. The third kappa shape index (κ3) is 4.05. The number of amides is 3. The molecule has 6 rings (SSSR count). The highest BCUT2D eigenvalue weighted by Gasteiger charge is 2.78. The third-order valence-corrected chi connectivity index (χ3v) is 9.03. The van der Waals surface area contributed by atoms with Crippen LogP contribution in [0.3, 0.4) is 0 Å². The maximum absolute atomic E-state index is 13.6. The summed E-state index contributed by atoms with van der Waals surface area (Å²) >= 11 is 0. The molecule has 1 unspecified atom stereocenters. The van der Waals surface area contributed by atoms with Crippen molar-refractivity contribution >= 4 is 29.6 Å². The summed E-state index contributed by atoms with van der Waals surface area (Å²) in [5, 5.41) is 37.7. The van der Waals surface area contributed by atoms with Crippen LogP contribution in [-0.2, 0) is 15.0 Å². The molecule has 1 spiro atoms. The molecule has 0 aliphatic carbocycles. The van der Waals surface area contributed by atoms with Crippen LogP contribution in [-0.4, -0.2) is 99.7 Å². The Kier molecular flexibility index (Phi) is 6.08. The van der Waals surface area contributed by atoms with Gasteiger partial charge in [0, 0.05) is 12.0 Å². The van der Waals surface area contributed by atoms with Gasteiger partial charge in [0.05, 0.1) is 25.3 Å². The fraction of sp³-hybridized carbons (Fsp3) is 0.577. The Morgan fingerprint density at radius 1 is 1.24 bits per heavy atom. The zero-order valence-electron chi connectivity index (χ0n) is 22.9. The molecule has 0 saturated carbocycles. The van der Waals surface area contributed by atoms with E-state index in [0.717, 1.165) is 12.0 Å². The van der Waals surface area contributed by atoms with Crippen molar-refractivity contribution in [3.63, 3.8) is 0 Å². The van der Waals surface area contributed by atoms with Crippen LogP contribution in [0.25, 0.3) is 0 Å². The van der Waals surface area contributed by atoms with Crippen molar-refractivity contribution in [2.75, 3.05) is 19.7 Å². The smallest absolute Gasteiger partial charge is 0.347 e. The molecule has 2 fully saturated rings. The molecular formula is C26H37N9O6+2. The van der Waals surface area contributed by atoms with Crippen molar-refractivity contribution in [2.45, 2.75) is 74.1 Å². The summed E-state index contributed by atoms with van der Waals surface area (Å²) in [5.74, 6) is -2.99. The number of guanidine groups is 2. The number of hydrogen-bond acceptors (Lipinski definition) is 10. The van der Waals surface area contributed by atoms with Crippen LogP contribution < -0.4 is 47.8 Å². The van der Waals surface area contributed by atoms with Crippen molar-refractivity contribution in [1.82, 2.24) is 26.6 Å². The van der Waals surface area contributed by atoms with Gasteiger partial charge in [-0.2, -0.15) is 0 Å². The fourth-order valence-corrected chi connectivity index (χ4v) is 6.74. The van der Waals surface area contributed by atoms with E-state index in [4.69, 9.17) is 16.2 Å². The number of rotatable bonds is 5. The molecule has 220 valence electrons. The van der Waals surface area contributed by atoms with Gasteiger partial charge in [-0.3, -0.25) is 36.2 Å². The van der Waals surface area contributed by atoms with Gasteiger partial charge in [-0.15, -0.1) is 0 Å². The number of fused-ring (bicyclic) bond motifs is 1. The molecular weight excluding hydrogens is 534 g/mol. The van der Waals surface area contributed by atoms with Crippen LogP contribution in [0.2, 0.25) is 0 Å². The molecule has 15 nitrogen and oxygen atoms in total. The minimum Gasteiger partial charge on any atom is -0.492 e. The number of carbonyl (C=O) groups excluding carboxylic acids is 3. The number of aliphatic hydroxyl groups is 2. The van der Waals surface area contributed by atoms with E-state index in [2.05, 4.69) is 45.4 Å². The summed E-state index contributed by atoms with van der Waals surface area (Å²) in [6, 6.07) is 2.07. The average molecular weight is 572 g/mol. The summed E-state index contributed by atoms with van der Waals surface area (Å²) in [6.07, 6.45) is 1.47. The van der Waals surface area contributed by atoms with E-state index in [-0.39, 0.29) is 48.7 Å². The second-order valence-electron chi connectivity index (χ2n) is 12.0. The Balaban J connectivity index is 1.25. The van der Waals surface area contributed by atoms with Gasteiger partial charge in [0.25, 0.3) is 17.4 Å². The summed E-state index contributed by atoms with van der Waals surface area (Å²) in [4.78, 5) is 40.8. The zero-order chi connectivity index (χ0) is 29.3. The van der Waals surface area contributed by atoms with Crippen LogP contribution in [0.5, 0.6) is 5.75 Å². The van der Waals surface area contributed by atoms with Crippen LogP contribution >= 0.6 is 0 Å². The summed E-state index contributed by atoms with van der Waals surface area (Å²) in [5.41, 5.74) is 11.8. The van der Waals surface area contributed by atoms with Crippen LogP contribution in [0.15, 0.2) is 18.2 Å². The molecule has 0 bridgehead atoms. The van der Waals surface area contributed by atoms with Crippen molar-refractivity contribution < 1.29 is 38.9 Å². The van der Waals surface area contributed by atoms with E-state index in [1.54, 1.807) is 12.1 Å². The number of carbonyl (C=O) groups is 3. The van der Waals surface area contributed by atoms with E-state index >= 15 is 0 Å². The van der Waals surface area contributed by atoms with Crippen molar-refractivity contribution in [3.8, 4) is 5.75 Å². The second-order valence-corrected chi connectivity index (χ2v) is 12.0. The Labute approximate surface area is 235 Å². The van der Waals surface area contributed by atoms with Crippen molar-refractivity contribution in [2.24, 2.45) is 11.5 Å². The largest absolute Gasteiger partial charge is 0.492 e. The van der Waals surface area contributed by atoms with Crippen molar-refractivity contribution in [3.05, 3.63) is 29.3 Å². The predicted octanol–water partition coefficient (Wildman–Crippen LogP) is -5.70. The summed E-state index contributed by atoms with van der Waals surface area (Å²) in [6.45, 7) is 4.60. The van der Waals surface area contributed by atoms with Crippen molar-refractivity contribution in [1.29, 1.82) is 0 Å². The van der Waals surface area contributed by atoms with Gasteiger partial charge in [0.1, 0.15) is 23.9 Å². The lowest BCUT2D eigenvalue weighted by molar-refractivity contribution is -0.674. The molecule has 5 aliphatic heterocycles. The maximum atomic E-state index is 13.6. The Morgan fingerprint density at radius 2 is 2.02 bits per heavy atom. The molecule has 41 heavy (non-hydrogen) atoms. The standard InChI is InChI=1S/C26H35N9O6/c1-24(2)8-9-41-18-12(4-3-5-13(18)24)20(37)32-16-11-35-23(28)31-15(10-29-21(38)14-6-7-17(36)30-14)19-25(35,26(16,39)40)34-22(27)33-19/h3-5,14-16,19,39-40H,6-11H2,1-2H3,(H8,27,28,29,30,31,32,33,34,36,37,38)/p+2/t14-,15-,16?,19-,25-/m0/s1. The monoisotopic (exact) mass is 571 g/mol. The van der Waals surface area contributed by atoms with Crippen LogP contribution in [0.1, 0.15) is 49.0 Å². The lowest BCUT2D eigenvalue weighted by Crippen LogP contribution is -2.92. The van der Waals surface area contributed by atoms with E-state index in [1.807, 2.05) is 6.07 Å². The van der Waals surface area contributed by atoms with E-state index < -0.39 is 41.5 Å². The fourth-order valence-electron chi connectivity index (χ4n) is 6.74. The van der Waals surface area contributed by atoms with Crippen LogP contribution in [0.4, 0.5) is 0 Å². The molecule has 15 heteroatoms. The SMILES string of the molecule is CC1(C)CCOc2c(C(=O)NC3C[N+]4=C(N)N[C@@H](CNC(=O)[C@@H]5CCC(=O)N5)[C@@H]5[NH+]=C(N)N[C@@]54C3(O)O)cccc21.